The number of aryl methyl sites for hydroxylation is 1. The molecule has 5 nitrogen and oxygen atoms in total. The molecule has 1 unspecified atom stereocenters. The van der Waals surface area contributed by atoms with Gasteiger partial charge in [0.15, 0.2) is 5.82 Å². The van der Waals surface area contributed by atoms with Crippen molar-refractivity contribution in [3.8, 4) is 0 Å². The Kier molecular flexibility index (Phi) is 5.98. The van der Waals surface area contributed by atoms with Gasteiger partial charge in [0, 0.05) is 19.3 Å². The van der Waals surface area contributed by atoms with Crippen LogP contribution in [0, 0.1) is 0 Å². The summed E-state index contributed by atoms with van der Waals surface area (Å²) in [5.74, 6) is 0.799. The van der Waals surface area contributed by atoms with E-state index in [2.05, 4.69) is 36.1 Å². The van der Waals surface area contributed by atoms with E-state index in [0.717, 1.165) is 31.9 Å². The molecule has 0 radical (unpaired) electrons. The van der Waals surface area contributed by atoms with Gasteiger partial charge >= 0.3 is 0 Å². The van der Waals surface area contributed by atoms with Crippen LogP contribution in [0.2, 0.25) is 0 Å². The minimum Gasteiger partial charge on any atom is -0.394 e. The molecule has 0 spiro atoms. The van der Waals surface area contributed by atoms with Crippen molar-refractivity contribution in [1.29, 1.82) is 0 Å². The Morgan fingerprint density at radius 1 is 1.44 bits per heavy atom. The zero-order valence-corrected chi connectivity index (χ0v) is 12.1. The fourth-order valence-corrected chi connectivity index (χ4v) is 2.09. The molecule has 0 fully saturated rings. The van der Waals surface area contributed by atoms with Crippen molar-refractivity contribution in [2.75, 3.05) is 30.7 Å². The summed E-state index contributed by atoms with van der Waals surface area (Å²) in [5, 5.41) is 7.66. The van der Waals surface area contributed by atoms with Crippen molar-refractivity contribution in [3.63, 3.8) is 0 Å². The molecule has 0 aromatic carbocycles. The van der Waals surface area contributed by atoms with Gasteiger partial charge in [0.1, 0.15) is 0 Å². The second kappa shape index (κ2) is 7.26. The standard InChI is InChI=1S/C13H27N5/c1-5-18(6-2)9-7-8-11(3)15-13-12(14)10-17(4)16-13/h10-11H,5-9,14H2,1-4H3,(H,15,16). The van der Waals surface area contributed by atoms with Crippen molar-refractivity contribution in [2.24, 2.45) is 7.05 Å². The van der Waals surface area contributed by atoms with Crippen LogP contribution in [0.25, 0.3) is 0 Å². The topological polar surface area (TPSA) is 59.1 Å². The first kappa shape index (κ1) is 14.8. The minimum atomic E-state index is 0.401. The van der Waals surface area contributed by atoms with Crippen LogP contribution in [0.4, 0.5) is 11.5 Å². The van der Waals surface area contributed by atoms with Crippen LogP contribution >= 0.6 is 0 Å². The molecule has 0 aliphatic rings. The lowest BCUT2D eigenvalue weighted by molar-refractivity contribution is 0.295. The van der Waals surface area contributed by atoms with E-state index in [0.29, 0.717) is 11.7 Å². The summed E-state index contributed by atoms with van der Waals surface area (Å²) in [7, 11) is 1.88. The van der Waals surface area contributed by atoms with Crippen LogP contribution in [0.15, 0.2) is 6.20 Å². The lowest BCUT2D eigenvalue weighted by atomic mass is 10.1. The van der Waals surface area contributed by atoms with Gasteiger partial charge in [-0.2, -0.15) is 5.10 Å². The van der Waals surface area contributed by atoms with E-state index in [9.17, 15) is 0 Å². The molecule has 0 saturated heterocycles. The maximum atomic E-state index is 5.86. The third-order valence-corrected chi connectivity index (χ3v) is 3.25. The average molecular weight is 253 g/mol. The molecule has 3 N–H and O–H groups in total. The van der Waals surface area contributed by atoms with Crippen molar-refractivity contribution in [3.05, 3.63) is 6.20 Å². The molecule has 1 aromatic rings. The molecule has 0 amide bonds. The number of nitrogens with two attached hydrogens (primary N) is 1. The van der Waals surface area contributed by atoms with Gasteiger partial charge in [0.05, 0.1) is 5.69 Å². The van der Waals surface area contributed by atoms with Gasteiger partial charge in [-0.3, -0.25) is 4.68 Å². The zero-order valence-electron chi connectivity index (χ0n) is 12.1. The Hall–Kier alpha value is -1.23. The summed E-state index contributed by atoms with van der Waals surface area (Å²) in [5.41, 5.74) is 6.57. The van der Waals surface area contributed by atoms with E-state index in [-0.39, 0.29) is 0 Å². The van der Waals surface area contributed by atoms with E-state index in [1.807, 2.05) is 13.2 Å². The summed E-state index contributed by atoms with van der Waals surface area (Å²) in [6.07, 6.45) is 4.15. The van der Waals surface area contributed by atoms with Crippen molar-refractivity contribution in [2.45, 2.75) is 39.7 Å². The first-order valence-corrected chi connectivity index (χ1v) is 6.84. The van der Waals surface area contributed by atoms with E-state index in [1.54, 1.807) is 4.68 Å². The van der Waals surface area contributed by atoms with Crippen LogP contribution in [0.1, 0.15) is 33.6 Å². The number of anilines is 2. The zero-order chi connectivity index (χ0) is 13.5. The lowest BCUT2D eigenvalue weighted by Crippen LogP contribution is -2.25. The van der Waals surface area contributed by atoms with Gasteiger partial charge in [-0.05, 0) is 39.4 Å². The smallest absolute Gasteiger partial charge is 0.171 e. The second-order valence-electron chi connectivity index (χ2n) is 4.82. The fraction of sp³-hybridized carbons (Fsp3) is 0.769. The van der Waals surface area contributed by atoms with Gasteiger partial charge in [-0.1, -0.05) is 13.8 Å². The SMILES string of the molecule is CCN(CC)CCCC(C)Nc1nn(C)cc1N. The predicted octanol–water partition coefficient (Wildman–Crippen LogP) is 1.92. The molecule has 0 aliphatic carbocycles. The Morgan fingerprint density at radius 3 is 2.61 bits per heavy atom. The summed E-state index contributed by atoms with van der Waals surface area (Å²) < 4.78 is 1.74. The number of hydrogen-bond donors (Lipinski definition) is 2. The van der Waals surface area contributed by atoms with Crippen LogP contribution in [0.5, 0.6) is 0 Å². The van der Waals surface area contributed by atoms with Gasteiger partial charge in [0.2, 0.25) is 0 Å². The Bertz CT molecular complexity index is 343. The first-order chi connectivity index (χ1) is 8.56. The Labute approximate surface area is 110 Å². The van der Waals surface area contributed by atoms with Crippen LogP contribution in [0.3, 0.4) is 0 Å². The van der Waals surface area contributed by atoms with Crippen molar-refractivity contribution < 1.29 is 0 Å². The molecule has 104 valence electrons. The molecule has 1 aromatic heterocycles. The monoisotopic (exact) mass is 253 g/mol. The molecular formula is C13H27N5. The molecule has 0 aliphatic heterocycles. The number of rotatable bonds is 8. The highest BCUT2D eigenvalue weighted by Gasteiger charge is 2.08. The number of nitrogens with zero attached hydrogens (tertiary/aromatic N) is 3. The highest BCUT2D eigenvalue weighted by Crippen LogP contribution is 2.16. The molecule has 18 heavy (non-hydrogen) atoms. The van der Waals surface area contributed by atoms with Gasteiger partial charge in [-0.25, -0.2) is 0 Å². The second-order valence-corrected chi connectivity index (χ2v) is 4.82. The maximum absolute atomic E-state index is 5.86. The molecule has 5 heteroatoms. The molecule has 1 atom stereocenters. The van der Waals surface area contributed by atoms with E-state index < -0.39 is 0 Å². The number of nitrogen functional groups attached to an aromatic ring is 1. The summed E-state index contributed by atoms with van der Waals surface area (Å²) in [4.78, 5) is 2.45. The van der Waals surface area contributed by atoms with Crippen molar-refractivity contribution >= 4 is 11.5 Å². The largest absolute Gasteiger partial charge is 0.394 e. The number of hydrogen-bond acceptors (Lipinski definition) is 4. The molecule has 0 saturated carbocycles. The normalized spacial score (nSPS) is 12.9. The quantitative estimate of drug-likeness (QED) is 0.743. The van der Waals surface area contributed by atoms with Crippen molar-refractivity contribution in [1.82, 2.24) is 14.7 Å². The first-order valence-electron chi connectivity index (χ1n) is 6.84. The summed E-state index contributed by atoms with van der Waals surface area (Å²) in [6, 6.07) is 0.401. The summed E-state index contributed by atoms with van der Waals surface area (Å²) in [6.45, 7) is 10.0. The van der Waals surface area contributed by atoms with E-state index >= 15 is 0 Å². The lowest BCUT2D eigenvalue weighted by Gasteiger charge is -2.19. The minimum absolute atomic E-state index is 0.401. The van der Waals surface area contributed by atoms with Gasteiger partial charge in [0.25, 0.3) is 0 Å². The van der Waals surface area contributed by atoms with E-state index in [1.165, 1.54) is 6.42 Å². The average Bonchev–Trinajstić information content (AvgIpc) is 2.63. The predicted molar refractivity (Wildman–Crippen MR) is 77.7 cm³/mol. The third kappa shape index (κ3) is 4.56. The molecular weight excluding hydrogens is 226 g/mol. The molecule has 0 bridgehead atoms. The molecule has 1 heterocycles. The van der Waals surface area contributed by atoms with Crippen LogP contribution in [-0.4, -0.2) is 40.4 Å². The number of nitrogens with one attached hydrogen (secondary N) is 1. The third-order valence-electron chi connectivity index (χ3n) is 3.25. The number of aromatic nitrogens is 2. The Balaban J connectivity index is 2.29. The fourth-order valence-electron chi connectivity index (χ4n) is 2.09. The maximum Gasteiger partial charge on any atom is 0.171 e. The van der Waals surface area contributed by atoms with Crippen LogP contribution in [-0.2, 0) is 7.05 Å². The van der Waals surface area contributed by atoms with Crippen LogP contribution < -0.4 is 11.1 Å². The highest BCUT2D eigenvalue weighted by molar-refractivity contribution is 5.60. The van der Waals surface area contributed by atoms with Gasteiger partial charge in [-0.15, -0.1) is 0 Å². The summed E-state index contributed by atoms with van der Waals surface area (Å²) >= 11 is 0. The Morgan fingerprint density at radius 2 is 2.11 bits per heavy atom. The highest BCUT2D eigenvalue weighted by atomic mass is 15.3. The molecule has 1 rings (SSSR count). The van der Waals surface area contributed by atoms with Gasteiger partial charge < -0.3 is 16.0 Å². The van der Waals surface area contributed by atoms with E-state index in [4.69, 9.17) is 5.73 Å².